The Balaban J connectivity index is 2.11. The molecule has 0 unspecified atom stereocenters. The molecule has 0 radical (unpaired) electrons. The summed E-state index contributed by atoms with van der Waals surface area (Å²) in [5, 5.41) is 2.60. The lowest BCUT2D eigenvalue weighted by Crippen LogP contribution is -2.14. The minimum absolute atomic E-state index is 0.276. The van der Waals surface area contributed by atoms with Gasteiger partial charge in [-0.2, -0.15) is 0 Å². The van der Waals surface area contributed by atoms with E-state index in [9.17, 15) is 4.79 Å². The molecule has 1 amide bonds. The molecular weight excluding hydrogens is 218 g/mol. The maximum atomic E-state index is 11.7. The zero-order chi connectivity index (χ0) is 12.3. The summed E-state index contributed by atoms with van der Waals surface area (Å²) < 4.78 is 0. The minimum Gasteiger partial charge on any atom is -0.397 e. The molecule has 2 aromatic rings. The highest BCUT2D eigenvalue weighted by atomic mass is 16.1. The number of nitrogens with one attached hydrogen (secondary N) is 1. The molecule has 0 saturated carbocycles. The van der Waals surface area contributed by atoms with E-state index < -0.39 is 0 Å². The molecule has 0 aliphatic carbocycles. The molecule has 0 aliphatic rings. The van der Waals surface area contributed by atoms with Gasteiger partial charge in [0.1, 0.15) is 11.5 Å². The third-order valence-corrected chi connectivity index (χ3v) is 2.05. The molecule has 6 heteroatoms. The molecule has 5 N–H and O–H groups in total. The second-order valence-electron chi connectivity index (χ2n) is 3.41. The zero-order valence-electron chi connectivity index (χ0n) is 8.92. The molecule has 0 atom stereocenters. The Morgan fingerprint density at radius 2 is 1.65 bits per heavy atom. The number of anilines is 3. The molecule has 0 spiro atoms. The number of carbonyl (C=O) groups excluding carboxylic acids is 1. The largest absolute Gasteiger partial charge is 0.397 e. The maximum absolute atomic E-state index is 11.7. The molecular formula is C11H11N5O. The van der Waals surface area contributed by atoms with Gasteiger partial charge in [0, 0.05) is 0 Å². The molecule has 2 rings (SSSR count). The average Bonchev–Trinajstić information content (AvgIpc) is 2.33. The van der Waals surface area contributed by atoms with Crippen molar-refractivity contribution >= 4 is 23.1 Å². The summed E-state index contributed by atoms with van der Waals surface area (Å²) >= 11 is 0. The number of carbonyl (C=O) groups is 1. The van der Waals surface area contributed by atoms with Crippen LogP contribution in [-0.4, -0.2) is 15.9 Å². The van der Waals surface area contributed by atoms with Crippen LogP contribution in [0.1, 0.15) is 10.5 Å². The molecule has 17 heavy (non-hydrogen) atoms. The number of pyridine rings is 2. The van der Waals surface area contributed by atoms with E-state index in [-0.39, 0.29) is 11.6 Å². The third kappa shape index (κ3) is 2.69. The number of nitrogens with zero attached hydrogens (tertiary/aromatic N) is 2. The minimum atomic E-state index is -0.345. The number of amides is 1. The molecule has 6 nitrogen and oxygen atoms in total. The Labute approximate surface area is 97.7 Å². The van der Waals surface area contributed by atoms with Gasteiger partial charge in [-0.15, -0.1) is 0 Å². The van der Waals surface area contributed by atoms with Crippen molar-refractivity contribution in [1.82, 2.24) is 9.97 Å². The Morgan fingerprint density at radius 1 is 1.00 bits per heavy atom. The SMILES string of the molecule is Nc1ccc(NC(=O)c2ccc(N)cn2)nc1. The van der Waals surface area contributed by atoms with Gasteiger partial charge in [0.25, 0.3) is 5.91 Å². The predicted octanol–water partition coefficient (Wildman–Crippen LogP) is 0.893. The monoisotopic (exact) mass is 229 g/mol. The molecule has 0 aromatic carbocycles. The summed E-state index contributed by atoms with van der Waals surface area (Å²) in [6, 6.07) is 6.42. The van der Waals surface area contributed by atoms with Crippen molar-refractivity contribution < 1.29 is 4.79 Å². The fourth-order valence-corrected chi connectivity index (χ4v) is 1.20. The van der Waals surface area contributed by atoms with Gasteiger partial charge in [-0.1, -0.05) is 0 Å². The lowest BCUT2D eigenvalue weighted by molar-refractivity contribution is 0.102. The average molecular weight is 229 g/mol. The van der Waals surface area contributed by atoms with Crippen LogP contribution in [0, 0.1) is 0 Å². The van der Waals surface area contributed by atoms with Gasteiger partial charge in [0.2, 0.25) is 0 Å². The Bertz CT molecular complexity index is 521. The number of rotatable bonds is 2. The van der Waals surface area contributed by atoms with Crippen LogP contribution in [0.3, 0.4) is 0 Å². The highest BCUT2D eigenvalue weighted by Gasteiger charge is 2.07. The summed E-state index contributed by atoms with van der Waals surface area (Å²) in [4.78, 5) is 19.6. The summed E-state index contributed by atoms with van der Waals surface area (Å²) in [7, 11) is 0. The molecule has 2 aromatic heterocycles. The van der Waals surface area contributed by atoms with Gasteiger partial charge in [-0.05, 0) is 24.3 Å². The van der Waals surface area contributed by atoms with Crippen LogP contribution in [0.5, 0.6) is 0 Å². The molecule has 0 fully saturated rings. The van der Waals surface area contributed by atoms with E-state index in [1.807, 2.05) is 0 Å². The molecule has 0 saturated heterocycles. The van der Waals surface area contributed by atoms with Gasteiger partial charge in [-0.3, -0.25) is 4.79 Å². The molecule has 86 valence electrons. The standard InChI is InChI=1S/C11H11N5O/c12-7-1-3-9(14-5-7)11(17)16-10-4-2-8(13)6-15-10/h1-6H,12-13H2,(H,15,16,17). The van der Waals surface area contributed by atoms with Crippen LogP contribution >= 0.6 is 0 Å². The number of nitrogen functional groups attached to an aromatic ring is 2. The lowest BCUT2D eigenvalue weighted by Gasteiger charge is -2.03. The van der Waals surface area contributed by atoms with Crippen LogP contribution in [-0.2, 0) is 0 Å². The van der Waals surface area contributed by atoms with E-state index >= 15 is 0 Å². The van der Waals surface area contributed by atoms with Gasteiger partial charge >= 0.3 is 0 Å². The third-order valence-electron chi connectivity index (χ3n) is 2.05. The van der Waals surface area contributed by atoms with Gasteiger partial charge < -0.3 is 16.8 Å². The van der Waals surface area contributed by atoms with Crippen molar-refractivity contribution in [3.05, 3.63) is 42.4 Å². The van der Waals surface area contributed by atoms with Gasteiger partial charge in [0.15, 0.2) is 0 Å². The van der Waals surface area contributed by atoms with E-state index in [2.05, 4.69) is 15.3 Å². The first kappa shape index (κ1) is 10.9. The quantitative estimate of drug-likeness (QED) is 0.709. The lowest BCUT2D eigenvalue weighted by atomic mass is 10.3. The first-order chi connectivity index (χ1) is 8.15. The maximum Gasteiger partial charge on any atom is 0.275 e. The van der Waals surface area contributed by atoms with Gasteiger partial charge in [0.05, 0.1) is 23.8 Å². The fraction of sp³-hybridized carbons (Fsp3) is 0. The predicted molar refractivity (Wildman–Crippen MR) is 65.3 cm³/mol. The highest BCUT2D eigenvalue weighted by Crippen LogP contribution is 2.08. The number of hydrogen-bond donors (Lipinski definition) is 3. The van der Waals surface area contributed by atoms with E-state index in [1.54, 1.807) is 24.3 Å². The highest BCUT2D eigenvalue weighted by molar-refractivity contribution is 6.02. The Morgan fingerprint density at radius 3 is 2.18 bits per heavy atom. The van der Waals surface area contributed by atoms with Crippen molar-refractivity contribution in [2.24, 2.45) is 0 Å². The Hall–Kier alpha value is -2.63. The van der Waals surface area contributed by atoms with Crippen LogP contribution in [0.15, 0.2) is 36.7 Å². The van der Waals surface area contributed by atoms with Crippen LogP contribution in [0.25, 0.3) is 0 Å². The second-order valence-corrected chi connectivity index (χ2v) is 3.41. The van der Waals surface area contributed by atoms with E-state index in [0.717, 1.165) is 0 Å². The van der Waals surface area contributed by atoms with Crippen molar-refractivity contribution in [3.8, 4) is 0 Å². The fourth-order valence-electron chi connectivity index (χ4n) is 1.20. The zero-order valence-corrected chi connectivity index (χ0v) is 8.92. The topological polar surface area (TPSA) is 107 Å². The van der Waals surface area contributed by atoms with Gasteiger partial charge in [-0.25, -0.2) is 9.97 Å². The molecule has 2 heterocycles. The summed E-state index contributed by atoms with van der Waals surface area (Å²) in [6.07, 6.45) is 2.89. The summed E-state index contributed by atoms with van der Waals surface area (Å²) in [5.74, 6) is 0.0742. The van der Waals surface area contributed by atoms with E-state index in [0.29, 0.717) is 17.2 Å². The van der Waals surface area contributed by atoms with Crippen LogP contribution < -0.4 is 16.8 Å². The first-order valence-electron chi connectivity index (χ1n) is 4.89. The van der Waals surface area contributed by atoms with E-state index in [4.69, 9.17) is 11.5 Å². The summed E-state index contributed by atoms with van der Waals surface area (Å²) in [5.41, 5.74) is 12.3. The Kier molecular flexibility index (Phi) is 2.87. The smallest absolute Gasteiger partial charge is 0.275 e. The van der Waals surface area contributed by atoms with Crippen molar-refractivity contribution in [1.29, 1.82) is 0 Å². The molecule has 0 bridgehead atoms. The second kappa shape index (κ2) is 4.48. The molecule has 0 aliphatic heterocycles. The first-order valence-corrected chi connectivity index (χ1v) is 4.89. The number of nitrogens with two attached hydrogens (primary N) is 2. The van der Waals surface area contributed by atoms with E-state index in [1.165, 1.54) is 12.4 Å². The number of aromatic nitrogens is 2. The van der Waals surface area contributed by atoms with Crippen molar-refractivity contribution in [2.75, 3.05) is 16.8 Å². The normalized spacial score (nSPS) is 9.88. The van der Waals surface area contributed by atoms with Crippen LogP contribution in [0.2, 0.25) is 0 Å². The number of hydrogen-bond acceptors (Lipinski definition) is 5. The van der Waals surface area contributed by atoms with Crippen molar-refractivity contribution in [3.63, 3.8) is 0 Å². The van der Waals surface area contributed by atoms with Crippen molar-refractivity contribution in [2.45, 2.75) is 0 Å². The van der Waals surface area contributed by atoms with Crippen LogP contribution in [0.4, 0.5) is 17.2 Å². The summed E-state index contributed by atoms with van der Waals surface area (Å²) in [6.45, 7) is 0.